The Morgan fingerprint density at radius 3 is 2.32 bits per heavy atom. The van der Waals surface area contributed by atoms with Crippen molar-refractivity contribution >= 4 is 17.6 Å². The van der Waals surface area contributed by atoms with Gasteiger partial charge in [0.05, 0.1) is 32.1 Å². The summed E-state index contributed by atoms with van der Waals surface area (Å²) in [4.78, 5) is 30.8. The molecule has 3 aliphatic rings. The minimum Gasteiger partial charge on any atom is -0.468 e. The Bertz CT molecular complexity index is 557. The van der Waals surface area contributed by atoms with Crippen LogP contribution < -0.4 is 5.06 Å². The van der Waals surface area contributed by atoms with Gasteiger partial charge in [0.1, 0.15) is 0 Å². The maximum atomic E-state index is 12.5. The van der Waals surface area contributed by atoms with Crippen molar-refractivity contribution in [2.75, 3.05) is 19.3 Å². The third-order valence-corrected chi connectivity index (χ3v) is 4.54. The van der Waals surface area contributed by atoms with Gasteiger partial charge in [0.25, 0.3) is 0 Å². The van der Waals surface area contributed by atoms with Gasteiger partial charge in [-0.05, 0) is 25.0 Å². The van der Waals surface area contributed by atoms with Crippen molar-refractivity contribution in [2.45, 2.75) is 31.4 Å². The zero-order chi connectivity index (χ0) is 15.7. The molecule has 6 nitrogen and oxygen atoms in total. The number of rotatable bonds is 3. The van der Waals surface area contributed by atoms with Crippen LogP contribution in [0.4, 0.5) is 5.69 Å². The standard InChI is InChI=1S/C16H19NO5/c1-20-14(18)16(15(19)21-2)10-12-8-9-13(16)17(22-12)11-6-4-3-5-7-11/h3-7,12-13H,8-10H2,1-2H3/t12-,13+/m0/s1. The average Bonchev–Trinajstić information content (AvgIpc) is 2.61. The molecule has 22 heavy (non-hydrogen) atoms. The molecule has 118 valence electrons. The van der Waals surface area contributed by atoms with E-state index in [0.717, 1.165) is 12.1 Å². The molecule has 1 aromatic rings. The number of hydrogen-bond acceptors (Lipinski definition) is 6. The predicted molar refractivity (Wildman–Crippen MR) is 77.9 cm³/mol. The fourth-order valence-electron chi connectivity index (χ4n) is 3.53. The van der Waals surface area contributed by atoms with E-state index in [1.807, 2.05) is 30.3 Å². The van der Waals surface area contributed by atoms with Crippen LogP contribution in [0.15, 0.2) is 30.3 Å². The highest BCUT2D eigenvalue weighted by Crippen LogP contribution is 2.48. The molecular formula is C16H19NO5. The zero-order valence-corrected chi connectivity index (χ0v) is 12.7. The van der Waals surface area contributed by atoms with E-state index >= 15 is 0 Å². The number of hydrogen-bond donors (Lipinski definition) is 0. The lowest BCUT2D eigenvalue weighted by Crippen LogP contribution is -2.66. The number of para-hydroxylation sites is 1. The molecule has 0 unspecified atom stereocenters. The maximum absolute atomic E-state index is 12.5. The van der Waals surface area contributed by atoms with Gasteiger partial charge in [-0.1, -0.05) is 18.2 Å². The molecule has 2 heterocycles. The Morgan fingerprint density at radius 2 is 1.77 bits per heavy atom. The molecule has 1 aromatic carbocycles. The van der Waals surface area contributed by atoms with Crippen LogP contribution in [-0.4, -0.2) is 38.3 Å². The number of ether oxygens (including phenoxy) is 2. The Labute approximate surface area is 128 Å². The Balaban J connectivity index is 2.04. The normalized spacial score (nSPS) is 25.6. The quantitative estimate of drug-likeness (QED) is 0.625. The van der Waals surface area contributed by atoms with E-state index in [1.165, 1.54) is 14.2 Å². The van der Waals surface area contributed by atoms with Gasteiger partial charge >= 0.3 is 11.9 Å². The smallest absolute Gasteiger partial charge is 0.325 e. The summed E-state index contributed by atoms with van der Waals surface area (Å²) in [6.45, 7) is 0. The van der Waals surface area contributed by atoms with Crippen molar-refractivity contribution in [1.82, 2.24) is 0 Å². The predicted octanol–water partition coefficient (Wildman–Crippen LogP) is 1.69. The van der Waals surface area contributed by atoms with Crippen LogP contribution in [0.3, 0.4) is 0 Å². The third kappa shape index (κ3) is 2.06. The SMILES string of the molecule is COC(=O)C1(C(=O)OC)C[C@@H]2CC[C@H]1N(c1ccccc1)O2. The molecule has 1 saturated carbocycles. The van der Waals surface area contributed by atoms with Crippen LogP contribution in [0.2, 0.25) is 0 Å². The van der Waals surface area contributed by atoms with Crippen LogP contribution in [0, 0.1) is 5.41 Å². The molecule has 3 fully saturated rings. The highest BCUT2D eigenvalue weighted by Gasteiger charge is 2.63. The molecule has 0 spiro atoms. The van der Waals surface area contributed by atoms with Gasteiger partial charge in [-0.3, -0.25) is 14.4 Å². The number of benzene rings is 1. The number of esters is 2. The zero-order valence-electron chi connectivity index (χ0n) is 12.7. The van der Waals surface area contributed by atoms with E-state index < -0.39 is 23.4 Å². The van der Waals surface area contributed by atoms with Gasteiger partial charge in [0.15, 0.2) is 5.41 Å². The van der Waals surface area contributed by atoms with Crippen molar-refractivity contribution in [1.29, 1.82) is 0 Å². The van der Waals surface area contributed by atoms with E-state index in [4.69, 9.17) is 14.3 Å². The van der Waals surface area contributed by atoms with E-state index in [2.05, 4.69) is 0 Å². The van der Waals surface area contributed by atoms with Crippen LogP contribution in [-0.2, 0) is 23.9 Å². The van der Waals surface area contributed by atoms with Crippen molar-refractivity contribution in [3.05, 3.63) is 30.3 Å². The van der Waals surface area contributed by atoms with Gasteiger partial charge in [0.2, 0.25) is 0 Å². The number of anilines is 1. The molecule has 4 rings (SSSR count). The number of nitrogens with zero attached hydrogens (tertiary/aromatic N) is 1. The number of fused-ring (bicyclic) bond motifs is 3. The molecule has 2 bridgehead atoms. The molecule has 6 heteroatoms. The molecular weight excluding hydrogens is 286 g/mol. The fraction of sp³-hybridized carbons (Fsp3) is 0.500. The summed E-state index contributed by atoms with van der Waals surface area (Å²) in [5.41, 5.74) is -0.519. The number of carbonyl (C=O) groups is 2. The Kier molecular flexibility index (Phi) is 3.78. The molecule has 2 atom stereocenters. The van der Waals surface area contributed by atoms with Crippen LogP contribution in [0.5, 0.6) is 0 Å². The summed E-state index contributed by atoms with van der Waals surface area (Å²) >= 11 is 0. The van der Waals surface area contributed by atoms with Crippen molar-refractivity contribution in [2.24, 2.45) is 5.41 Å². The van der Waals surface area contributed by atoms with Gasteiger partial charge < -0.3 is 9.47 Å². The van der Waals surface area contributed by atoms with Crippen LogP contribution in [0.1, 0.15) is 19.3 Å². The molecule has 2 aliphatic heterocycles. The second-order valence-electron chi connectivity index (χ2n) is 5.64. The molecule has 0 radical (unpaired) electrons. The highest BCUT2D eigenvalue weighted by atomic mass is 16.7. The lowest BCUT2D eigenvalue weighted by atomic mass is 9.67. The van der Waals surface area contributed by atoms with Crippen LogP contribution in [0.25, 0.3) is 0 Å². The minimum absolute atomic E-state index is 0.205. The molecule has 0 amide bonds. The van der Waals surface area contributed by atoms with E-state index in [0.29, 0.717) is 12.8 Å². The summed E-state index contributed by atoms with van der Waals surface area (Å²) in [5, 5.41) is 1.67. The monoisotopic (exact) mass is 305 g/mol. The second kappa shape index (κ2) is 5.61. The maximum Gasteiger partial charge on any atom is 0.325 e. The second-order valence-corrected chi connectivity index (χ2v) is 5.64. The number of hydroxylamine groups is 1. The summed E-state index contributed by atoms with van der Waals surface area (Å²) in [5.74, 6) is -1.11. The average molecular weight is 305 g/mol. The number of methoxy groups -OCH3 is 2. The first-order valence-electron chi connectivity index (χ1n) is 7.31. The van der Waals surface area contributed by atoms with Gasteiger partial charge in [-0.25, -0.2) is 5.06 Å². The van der Waals surface area contributed by atoms with Gasteiger partial charge in [-0.15, -0.1) is 0 Å². The van der Waals surface area contributed by atoms with E-state index in [-0.39, 0.29) is 6.10 Å². The highest BCUT2D eigenvalue weighted by molar-refractivity contribution is 6.01. The topological polar surface area (TPSA) is 65.1 Å². The summed E-state index contributed by atoms with van der Waals surface area (Å²) in [6, 6.07) is 9.03. The van der Waals surface area contributed by atoms with E-state index in [1.54, 1.807) is 5.06 Å². The molecule has 0 aromatic heterocycles. The lowest BCUT2D eigenvalue weighted by molar-refractivity contribution is -0.194. The number of carbonyl (C=O) groups excluding carboxylic acids is 2. The molecule has 1 aliphatic carbocycles. The Hall–Kier alpha value is -2.08. The largest absolute Gasteiger partial charge is 0.468 e. The van der Waals surface area contributed by atoms with Crippen molar-refractivity contribution in [3.63, 3.8) is 0 Å². The first-order valence-corrected chi connectivity index (χ1v) is 7.31. The van der Waals surface area contributed by atoms with Gasteiger partial charge in [-0.2, -0.15) is 0 Å². The fourth-order valence-corrected chi connectivity index (χ4v) is 3.53. The van der Waals surface area contributed by atoms with Gasteiger partial charge in [0, 0.05) is 6.42 Å². The first kappa shape index (κ1) is 14.8. The van der Waals surface area contributed by atoms with Crippen LogP contribution >= 0.6 is 0 Å². The lowest BCUT2D eigenvalue weighted by Gasteiger charge is -2.53. The molecule has 0 N–H and O–H groups in total. The summed E-state index contributed by atoms with van der Waals surface area (Å²) < 4.78 is 9.86. The van der Waals surface area contributed by atoms with E-state index in [9.17, 15) is 9.59 Å². The first-order chi connectivity index (χ1) is 10.6. The molecule has 2 saturated heterocycles. The summed E-state index contributed by atoms with van der Waals surface area (Å²) in [6.07, 6.45) is 1.57. The Morgan fingerprint density at radius 1 is 1.14 bits per heavy atom. The third-order valence-electron chi connectivity index (χ3n) is 4.54. The van der Waals surface area contributed by atoms with Crippen molar-refractivity contribution < 1.29 is 23.9 Å². The minimum atomic E-state index is -1.33. The van der Waals surface area contributed by atoms with Crippen molar-refractivity contribution in [3.8, 4) is 0 Å². The summed E-state index contributed by atoms with van der Waals surface area (Å²) in [7, 11) is 2.59.